The standard InChI is InChI=1S/C13H26/c1-5-8-9-13(7-3)11-10-12(4)6-2/h12-13H,1-2,5-11H2,3-4H3. The Morgan fingerprint density at radius 1 is 1.08 bits per heavy atom. The molecular formula is C13H26. The zero-order valence-corrected chi connectivity index (χ0v) is 9.52. The first-order valence-electron chi connectivity index (χ1n) is 5.83. The van der Waals surface area contributed by atoms with Gasteiger partial charge in [0.2, 0.25) is 0 Å². The van der Waals surface area contributed by atoms with Crippen LogP contribution in [0.1, 0.15) is 58.8 Å². The summed E-state index contributed by atoms with van der Waals surface area (Å²) in [5, 5.41) is 0. The van der Waals surface area contributed by atoms with Gasteiger partial charge in [0.25, 0.3) is 0 Å². The fraction of sp³-hybridized carbons (Fsp3) is 0.846. The highest BCUT2D eigenvalue weighted by molar-refractivity contribution is 4.62. The molecule has 0 saturated carbocycles. The Morgan fingerprint density at radius 2 is 1.77 bits per heavy atom. The topological polar surface area (TPSA) is 0 Å². The molecule has 78 valence electrons. The lowest BCUT2D eigenvalue weighted by Crippen LogP contribution is -2.02. The summed E-state index contributed by atoms with van der Waals surface area (Å²) in [5.41, 5.74) is 0. The molecule has 0 bridgehead atoms. The van der Waals surface area contributed by atoms with Gasteiger partial charge in [-0.2, -0.15) is 0 Å². The Hall–Kier alpha value is 0. The smallest absolute Gasteiger partial charge is 0.0417 e. The lowest BCUT2D eigenvalue weighted by Gasteiger charge is -2.16. The van der Waals surface area contributed by atoms with Crippen LogP contribution in [0.15, 0.2) is 0 Å². The van der Waals surface area contributed by atoms with Gasteiger partial charge in [0, 0.05) is 0 Å². The van der Waals surface area contributed by atoms with Crippen LogP contribution >= 0.6 is 0 Å². The van der Waals surface area contributed by atoms with Crippen molar-refractivity contribution in [1.82, 2.24) is 0 Å². The maximum atomic E-state index is 3.94. The SMILES string of the molecule is [CH2]CCCC(CC)CCC(C)C[CH2]. The zero-order chi connectivity index (χ0) is 10.1. The second-order valence-corrected chi connectivity index (χ2v) is 4.24. The van der Waals surface area contributed by atoms with E-state index in [4.69, 9.17) is 0 Å². The van der Waals surface area contributed by atoms with Crippen molar-refractivity contribution >= 4 is 0 Å². The minimum Gasteiger partial charge on any atom is -0.0651 e. The third kappa shape index (κ3) is 7.10. The molecule has 0 spiro atoms. The summed E-state index contributed by atoms with van der Waals surface area (Å²) < 4.78 is 0. The van der Waals surface area contributed by atoms with Crippen molar-refractivity contribution in [3.63, 3.8) is 0 Å². The Bertz CT molecular complexity index is 96.2. The molecule has 0 amide bonds. The summed E-state index contributed by atoms with van der Waals surface area (Å²) in [4.78, 5) is 0. The van der Waals surface area contributed by atoms with Crippen LogP contribution in [0.25, 0.3) is 0 Å². The summed E-state index contributed by atoms with van der Waals surface area (Å²) >= 11 is 0. The molecule has 2 atom stereocenters. The molecular weight excluding hydrogens is 156 g/mol. The quantitative estimate of drug-likeness (QED) is 0.512. The minimum atomic E-state index is 0.814. The highest BCUT2D eigenvalue weighted by Crippen LogP contribution is 2.21. The summed E-state index contributed by atoms with van der Waals surface area (Å²) in [6.07, 6.45) is 8.96. The fourth-order valence-corrected chi connectivity index (χ4v) is 1.65. The first-order valence-corrected chi connectivity index (χ1v) is 5.83. The van der Waals surface area contributed by atoms with Gasteiger partial charge < -0.3 is 0 Å². The average molecular weight is 182 g/mol. The molecule has 0 N–H and O–H groups in total. The van der Waals surface area contributed by atoms with Crippen molar-refractivity contribution < 1.29 is 0 Å². The van der Waals surface area contributed by atoms with Gasteiger partial charge in [-0.1, -0.05) is 72.6 Å². The van der Waals surface area contributed by atoms with Crippen LogP contribution in [-0.2, 0) is 0 Å². The van der Waals surface area contributed by atoms with E-state index in [1.54, 1.807) is 0 Å². The molecule has 0 heterocycles. The van der Waals surface area contributed by atoms with E-state index in [1.807, 2.05) is 0 Å². The van der Waals surface area contributed by atoms with Gasteiger partial charge >= 0.3 is 0 Å². The lowest BCUT2D eigenvalue weighted by molar-refractivity contribution is 0.374. The molecule has 0 fully saturated rings. The maximum Gasteiger partial charge on any atom is -0.0417 e. The second-order valence-electron chi connectivity index (χ2n) is 4.24. The highest BCUT2D eigenvalue weighted by Gasteiger charge is 2.07. The van der Waals surface area contributed by atoms with Crippen molar-refractivity contribution in [2.75, 3.05) is 0 Å². The van der Waals surface area contributed by atoms with Crippen LogP contribution in [0, 0.1) is 25.7 Å². The Kier molecular flexibility index (Phi) is 8.59. The van der Waals surface area contributed by atoms with Gasteiger partial charge in [-0.25, -0.2) is 0 Å². The summed E-state index contributed by atoms with van der Waals surface area (Å²) in [5.74, 6) is 1.75. The number of hydrogen-bond donors (Lipinski definition) is 0. The molecule has 0 aromatic carbocycles. The molecule has 2 unspecified atom stereocenters. The third-order valence-corrected chi connectivity index (χ3v) is 3.00. The van der Waals surface area contributed by atoms with E-state index in [0.717, 1.165) is 24.7 Å². The summed E-state index contributed by atoms with van der Waals surface area (Å²) in [6.45, 7) is 12.4. The van der Waals surface area contributed by atoms with E-state index in [-0.39, 0.29) is 0 Å². The second kappa shape index (κ2) is 8.59. The van der Waals surface area contributed by atoms with Gasteiger partial charge in [0.05, 0.1) is 0 Å². The van der Waals surface area contributed by atoms with E-state index in [0.29, 0.717) is 0 Å². The van der Waals surface area contributed by atoms with Gasteiger partial charge in [0.1, 0.15) is 0 Å². The van der Waals surface area contributed by atoms with Gasteiger partial charge in [0.15, 0.2) is 0 Å². The third-order valence-electron chi connectivity index (χ3n) is 3.00. The first-order chi connectivity index (χ1) is 6.24. The van der Waals surface area contributed by atoms with Crippen molar-refractivity contribution in [1.29, 1.82) is 0 Å². The van der Waals surface area contributed by atoms with Crippen LogP contribution in [0.4, 0.5) is 0 Å². The number of rotatable bonds is 8. The van der Waals surface area contributed by atoms with Gasteiger partial charge in [-0.05, 0) is 11.8 Å². The lowest BCUT2D eigenvalue weighted by atomic mass is 9.90. The molecule has 13 heavy (non-hydrogen) atoms. The van der Waals surface area contributed by atoms with E-state index in [9.17, 15) is 0 Å². The van der Waals surface area contributed by atoms with Gasteiger partial charge in [-0.15, -0.1) is 0 Å². The molecule has 0 aromatic rings. The average Bonchev–Trinajstić information content (AvgIpc) is 2.17. The Morgan fingerprint density at radius 3 is 2.23 bits per heavy atom. The molecule has 0 aromatic heterocycles. The van der Waals surface area contributed by atoms with Crippen molar-refractivity contribution in [3.8, 4) is 0 Å². The van der Waals surface area contributed by atoms with Crippen LogP contribution in [0.3, 0.4) is 0 Å². The Labute approximate surface area is 85.1 Å². The number of unbranched alkanes of at least 4 members (excludes halogenated alkanes) is 1. The van der Waals surface area contributed by atoms with Crippen molar-refractivity contribution in [3.05, 3.63) is 13.8 Å². The Balaban J connectivity index is 3.46. The minimum absolute atomic E-state index is 0.814. The zero-order valence-electron chi connectivity index (χ0n) is 9.52. The highest BCUT2D eigenvalue weighted by atomic mass is 14.1. The molecule has 0 nitrogen and oxygen atoms in total. The molecule has 0 rings (SSSR count). The van der Waals surface area contributed by atoms with E-state index >= 15 is 0 Å². The summed E-state index contributed by atoms with van der Waals surface area (Å²) in [6, 6.07) is 0. The predicted molar refractivity (Wildman–Crippen MR) is 61.4 cm³/mol. The van der Waals surface area contributed by atoms with Crippen LogP contribution < -0.4 is 0 Å². The fourth-order valence-electron chi connectivity index (χ4n) is 1.65. The van der Waals surface area contributed by atoms with Crippen molar-refractivity contribution in [2.45, 2.75) is 58.8 Å². The van der Waals surface area contributed by atoms with E-state index < -0.39 is 0 Å². The molecule has 0 aliphatic carbocycles. The van der Waals surface area contributed by atoms with E-state index in [2.05, 4.69) is 27.7 Å². The van der Waals surface area contributed by atoms with E-state index in [1.165, 1.54) is 32.1 Å². The van der Waals surface area contributed by atoms with Crippen LogP contribution in [-0.4, -0.2) is 0 Å². The molecule has 0 aliphatic heterocycles. The predicted octanol–water partition coefficient (Wildman–Crippen LogP) is 4.66. The molecule has 0 heteroatoms. The number of hydrogen-bond acceptors (Lipinski definition) is 0. The molecule has 2 radical (unpaired) electrons. The van der Waals surface area contributed by atoms with Crippen molar-refractivity contribution in [2.24, 2.45) is 11.8 Å². The van der Waals surface area contributed by atoms with Crippen LogP contribution in [0.5, 0.6) is 0 Å². The normalized spacial score (nSPS) is 15.7. The maximum absolute atomic E-state index is 3.94. The molecule has 0 saturated heterocycles. The monoisotopic (exact) mass is 182 g/mol. The first kappa shape index (κ1) is 13.0. The summed E-state index contributed by atoms with van der Waals surface area (Å²) in [7, 11) is 0. The van der Waals surface area contributed by atoms with Gasteiger partial charge in [-0.3, -0.25) is 0 Å². The molecule has 0 aliphatic rings. The van der Waals surface area contributed by atoms with Crippen LogP contribution in [0.2, 0.25) is 0 Å². The largest absolute Gasteiger partial charge is 0.0651 e.